The highest BCUT2D eigenvalue weighted by Crippen LogP contribution is 2.20. The van der Waals surface area contributed by atoms with Gasteiger partial charge in [0.15, 0.2) is 10.9 Å². The summed E-state index contributed by atoms with van der Waals surface area (Å²) in [6.45, 7) is 4.00. The van der Waals surface area contributed by atoms with E-state index >= 15 is 0 Å². The van der Waals surface area contributed by atoms with Crippen LogP contribution in [0.1, 0.15) is 13.8 Å². The molecule has 17 heavy (non-hydrogen) atoms. The monoisotopic (exact) mass is 246 g/mol. The maximum absolute atomic E-state index is 11.5. The van der Waals surface area contributed by atoms with Gasteiger partial charge in [-0.1, -0.05) is 18.2 Å². The van der Waals surface area contributed by atoms with Gasteiger partial charge in [0, 0.05) is 17.0 Å². The molecule has 0 aliphatic carbocycles. The van der Waals surface area contributed by atoms with Gasteiger partial charge in [0.2, 0.25) is 0 Å². The average Bonchev–Trinajstić information content (AvgIpc) is 2.29. The maximum Gasteiger partial charge on any atom is 0.178 e. The summed E-state index contributed by atoms with van der Waals surface area (Å²) >= 11 is 5.30. The zero-order valence-electron chi connectivity index (χ0n) is 9.86. The van der Waals surface area contributed by atoms with Gasteiger partial charge >= 0.3 is 0 Å². The van der Waals surface area contributed by atoms with Gasteiger partial charge in [0.1, 0.15) is 0 Å². The average molecular weight is 246 g/mol. The molecule has 1 aromatic rings. The number of ketones is 1. The van der Waals surface area contributed by atoms with Gasteiger partial charge < -0.3 is 10.2 Å². The van der Waals surface area contributed by atoms with Crippen molar-refractivity contribution in [3.05, 3.63) is 41.6 Å². The van der Waals surface area contributed by atoms with Crippen LogP contribution in [-0.4, -0.2) is 17.4 Å². The van der Waals surface area contributed by atoms with Crippen LogP contribution in [0.15, 0.2) is 41.6 Å². The summed E-state index contributed by atoms with van der Waals surface area (Å²) in [5.41, 5.74) is 2.63. The lowest BCUT2D eigenvalue weighted by Crippen LogP contribution is -2.46. The molecule has 0 radical (unpaired) electrons. The molecule has 3 nitrogen and oxygen atoms in total. The van der Waals surface area contributed by atoms with Crippen LogP contribution in [0.3, 0.4) is 0 Å². The Labute approximate surface area is 106 Å². The van der Waals surface area contributed by atoms with Gasteiger partial charge in [-0.2, -0.15) is 0 Å². The molecule has 0 atom stereocenters. The van der Waals surface area contributed by atoms with Crippen LogP contribution in [0, 0.1) is 0 Å². The molecule has 0 saturated heterocycles. The van der Waals surface area contributed by atoms with Crippen LogP contribution in [0.2, 0.25) is 0 Å². The molecule has 0 aromatic heterocycles. The number of Topliss-reactive ketones (excluding diaryl/α,β-unsaturated/α-hetero) is 1. The number of benzene rings is 1. The molecule has 1 aliphatic rings. The van der Waals surface area contributed by atoms with E-state index in [1.165, 1.54) is 0 Å². The number of rotatable bonds is 2. The first-order chi connectivity index (χ1) is 8.09. The van der Waals surface area contributed by atoms with Gasteiger partial charge in [-0.15, -0.1) is 0 Å². The lowest BCUT2D eigenvalue weighted by molar-refractivity contribution is -0.113. The maximum atomic E-state index is 11.5. The topological polar surface area (TPSA) is 32.3 Å². The Kier molecular flexibility index (Phi) is 3.24. The van der Waals surface area contributed by atoms with Crippen molar-refractivity contribution in [2.45, 2.75) is 13.8 Å². The number of para-hydroxylation sites is 1. The fourth-order valence-corrected chi connectivity index (χ4v) is 2.17. The number of anilines is 1. The number of carbonyl (C=O) groups is 1. The fourth-order valence-electron chi connectivity index (χ4n) is 1.84. The van der Waals surface area contributed by atoms with Gasteiger partial charge in [-0.3, -0.25) is 4.79 Å². The second kappa shape index (κ2) is 4.67. The Morgan fingerprint density at radius 3 is 2.59 bits per heavy atom. The summed E-state index contributed by atoms with van der Waals surface area (Å²) in [4.78, 5) is 13.5. The molecule has 0 bridgehead atoms. The van der Waals surface area contributed by atoms with Crippen molar-refractivity contribution in [2.75, 3.05) is 11.4 Å². The third kappa shape index (κ3) is 2.36. The molecular formula is C13H14N2OS. The van der Waals surface area contributed by atoms with E-state index in [-0.39, 0.29) is 5.78 Å². The SMILES string of the molecule is CC(=O)C1=C(C)NC(=S)N(c2ccccc2)C1. The lowest BCUT2D eigenvalue weighted by atomic mass is 10.1. The smallest absolute Gasteiger partial charge is 0.178 e. The van der Waals surface area contributed by atoms with Crippen LogP contribution in [0.4, 0.5) is 5.69 Å². The van der Waals surface area contributed by atoms with E-state index in [0.717, 1.165) is 17.0 Å². The summed E-state index contributed by atoms with van der Waals surface area (Å²) in [6.07, 6.45) is 0. The molecule has 0 amide bonds. The van der Waals surface area contributed by atoms with E-state index in [1.807, 2.05) is 42.2 Å². The van der Waals surface area contributed by atoms with E-state index in [1.54, 1.807) is 6.92 Å². The predicted molar refractivity (Wildman–Crippen MR) is 72.9 cm³/mol. The number of hydrogen-bond acceptors (Lipinski definition) is 2. The number of nitrogens with one attached hydrogen (secondary N) is 1. The number of hydrogen-bond donors (Lipinski definition) is 1. The molecule has 88 valence electrons. The van der Waals surface area contributed by atoms with Crippen molar-refractivity contribution in [3.63, 3.8) is 0 Å². The second-order valence-corrected chi connectivity index (χ2v) is 4.40. The van der Waals surface area contributed by atoms with Crippen molar-refractivity contribution < 1.29 is 4.79 Å². The fraction of sp³-hybridized carbons (Fsp3) is 0.231. The molecule has 0 spiro atoms. The van der Waals surface area contributed by atoms with Crippen LogP contribution < -0.4 is 10.2 Å². The third-order valence-corrected chi connectivity index (χ3v) is 3.12. The molecule has 0 fully saturated rings. The molecule has 4 heteroatoms. The Morgan fingerprint density at radius 2 is 2.00 bits per heavy atom. The molecule has 1 aliphatic heterocycles. The molecule has 0 unspecified atom stereocenters. The first-order valence-corrected chi connectivity index (χ1v) is 5.84. The number of nitrogens with zero attached hydrogens (tertiary/aromatic N) is 1. The normalized spacial score (nSPS) is 15.9. The molecule has 1 aromatic carbocycles. The number of allylic oxidation sites excluding steroid dienone is 1. The Balaban J connectivity index is 2.34. The highest BCUT2D eigenvalue weighted by Gasteiger charge is 2.23. The van der Waals surface area contributed by atoms with Gasteiger partial charge in [0.05, 0.1) is 6.54 Å². The standard InChI is InChI=1S/C13H14N2OS/c1-9-12(10(2)16)8-15(13(17)14-9)11-6-4-3-5-7-11/h3-7H,8H2,1-2H3,(H,14,17). The molecule has 0 saturated carbocycles. The first kappa shape index (κ1) is 11.8. The first-order valence-electron chi connectivity index (χ1n) is 5.44. The number of thiocarbonyl (C=S) groups is 1. The molecule has 1 N–H and O–H groups in total. The largest absolute Gasteiger partial charge is 0.336 e. The quantitative estimate of drug-likeness (QED) is 0.811. The molecule has 1 heterocycles. The Bertz CT molecular complexity index is 493. The van der Waals surface area contributed by atoms with Crippen molar-refractivity contribution in [1.82, 2.24) is 5.32 Å². The van der Waals surface area contributed by atoms with E-state index < -0.39 is 0 Å². The highest BCUT2D eigenvalue weighted by molar-refractivity contribution is 7.80. The second-order valence-electron chi connectivity index (χ2n) is 4.01. The van der Waals surface area contributed by atoms with Crippen LogP contribution in [0.5, 0.6) is 0 Å². The lowest BCUT2D eigenvalue weighted by Gasteiger charge is -2.32. The summed E-state index contributed by atoms with van der Waals surface area (Å²) in [5.74, 6) is 0.0819. The van der Waals surface area contributed by atoms with Crippen LogP contribution >= 0.6 is 12.2 Å². The zero-order chi connectivity index (χ0) is 12.4. The Morgan fingerprint density at radius 1 is 1.35 bits per heavy atom. The van der Waals surface area contributed by atoms with Gasteiger partial charge in [-0.05, 0) is 38.2 Å². The minimum absolute atomic E-state index is 0.0819. The molecule has 2 rings (SSSR count). The van der Waals surface area contributed by atoms with E-state index in [4.69, 9.17) is 12.2 Å². The van der Waals surface area contributed by atoms with Crippen LogP contribution in [-0.2, 0) is 4.79 Å². The van der Waals surface area contributed by atoms with Crippen molar-refractivity contribution >= 4 is 28.8 Å². The van der Waals surface area contributed by atoms with Gasteiger partial charge in [0.25, 0.3) is 0 Å². The van der Waals surface area contributed by atoms with E-state index in [2.05, 4.69) is 5.32 Å². The predicted octanol–water partition coefficient (Wildman–Crippen LogP) is 2.24. The molecular weight excluding hydrogens is 232 g/mol. The third-order valence-electron chi connectivity index (χ3n) is 2.80. The van der Waals surface area contributed by atoms with Crippen molar-refractivity contribution in [1.29, 1.82) is 0 Å². The summed E-state index contributed by atoms with van der Waals surface area (Å²) in [6, 6.07) is 9.82. The summed E-state index contributed by atoms with van der Waals surface area (Å²) in [5, 5.41) is 3.71. The Hall–Kier alpha value is -1.68. The van der Waals surface area contributed by atoms with E-state index in [9.17, 15) is 4.79 Å². The summed E-state index contributed by atoms with van der Waals surface area (Å²) < 4.78 is 0. The van der Waals surface area contributed by atoms with Crippen molar-refractivity contribution in [3.8, 4) is 0 Å². The minimum atomic E-state index is 0.0819. The minimum Gasteiger partial charge on any atom is -0.336 e. The van der Waals surface area contributed by atoms with E-state index in [0.29, 0.717) is 11.7 Å². The van der Waals surface area contributed by atoms with Crippen molar-refractivity contribution in [2.24, 2.45) is 0 Å². The zero-order valence-corrected chi connectivity index (χ0v) is 10.7. The highest BCUT2D eigenvalue weighted by atomic mass is 32.1. The van der Waals surface area contributed by atoms with Gasteiger partial charge in [-0.25, -0.2) is 0 Å². The summed E-state index contributed by atoms with van der Waals surface area (Å²) in [7, 11) is 0. The van der Waals surface area contributed by atoms with Crippen LogP contribution in [0.25, 0.3) is 0 Å². The number of carbonyl (C=O) groups excluding carboxylic acids is 1.